The second kappa shape index (κ2) is 6.48. The normalized spacial score (nSPS) is 25.6. The van der Waals surface area contributed by atoms with Crippen LogP contribution in [0, 0.1) is 18.8 Å². The predicted octanol–water partition coefficient (Wildman–Crippen LogP) is 5.08. The van der Waals surface area contributed by atoms with Crippen molar-refractivity contribution in [1.29, 1.82) is 0 Å². The molecule has 0 spiro atoms. The summed E-state index contributed by atoms with van der Waals surface area (Å²) in [4.78, 5) is 1.27. The fourth-order valence-corrected chi connectivity index (χ4v) is 4.00. The van der Waals surface area contributed by atoms with Crippen molar-refractivity contribution in [3.8, 4) is 0 Å². The molecule has 2 rings (SSSR count). The summed E-state index contributed by atoms with van der Waals surface area (Å²) in [6.45, 7) is 4.99. The summed E-state index contributed by atoms with van der Waals surface area (Å²) in [5, 5.41) is 5.54. The number of hydrogen-bond acceptors (Lipinski definition) is 2. The molecular weight excluding hydrogens is 283 g/mol. The van der Waals surface area contributed by atoms with Gasteiger partial charge in [-0.15, -0.1) is 11.3 Å². The molecule has 1 aromatic heterocycles. The smallest absolute Gasteiger partial charge is 0.310 e. The van der Waals surface area contributed by atoms with E-state index in [2.05, 4.69) is 30.6 Å². The lowest BCUT2D eigenvalue weighted by Gasteiger charge is -2.35. The van der Waals surface area contributed by atoms with Crippen LogP contribution in [0.25, 0.3) is 0 Å². The van der Waals surface area contributed by atoms with Crippen molar-refractivity contribution in [2.75, 3.05) is 6.54 Å². The zero-order valence-electron chi connectivity index (χ0n) is 12.0. The fraction of sp³-hybridized carbons (Fsp3) is 0.733. The topological polar surface area (TPSA) is 12.0 Å². The van der Waals surface area contributed by atoms with Crippen molar-refractivity contribution in [2.24, 2.45) is 11.8 Å². The van der Waals surface area contributed by atoms with Gasteiger partial charge >= 0.3 is 6.18 Å². The van der Waals surface area contributed by atoms with Gasteiger partial charge in [0, 0.05) is 10.9 Å². The molecule has 0 amide bonds. The minimum atomic E-state index is -4.02. The first kappa shape index (κ1) is 15.8. The molecule has 1 fully saturated rings. The largest absolute Gasteiger partial charge is 0.391 e. The first-order valence-electron chi connectivity index (χ1n) is 7.27. The summed E-state index contributed by atoms with van der Waals surface area (Å²) in [5.41, 5.74) is 1.27. The highest BCUT2D eigenvalue weighted by atomic mass is 32.1. The summed E-state index contributed by atoms with van der Waals surface area (Å²) in [5.74, 6) is -0.772. The van der Waals surface area contributed by atoms with Gasteiger partial charge in [0.25, 0.3) is 0 Å². The third-order valence-corrected chi connectivity index (χ3v) is 5.23. The Kier molecular flexibility index (Phi) is 5.13. The maximum Gasteiger partial charge on any atom is 0.391 e. The number of thiophene rings is 1. The lowest BCUT2D eigenvalue weighted by atomic mass is 9.76. The van der Waals surface area contributed by atoms with Crippen LogP contribution in [0.2, 0.25) is 0 Å². The average Bonchev–Trinajstić information content (AvgIpc) is 2.81. The van der Waals surface area contributed by atoms with Gasteiger partial charge in [-0.25, -0.2) is 0 Å². The third kappa shape index (κ3) is 3.55. The Morgan fingerprint density at radius 1 is 1.30 bits per heavy atom. The monoisotopic (exact) mass is 305 g/mol. The van der Waals surface area contributed by atoms with Crippen molar-refractivity contribution < 1.29 is 13.2 Å². The average molecular weight is 305 g/mol. The minimum Gasteiger partial charge on any atom is -0.310 e. The van der Waals surface area contributed by atoms with E-state index in [9.17, 15) is 13.2 Å². The molecular formula is C15H22F3NS. The van der Waals surface area contributed by atoms with Crippen molar-refractivity contribution in [3.05, 3.63) is 21.9 Å². The molecule has 1 aromatic rings. The maximum atomic E-state index is 12.7. The van der Waals surface area contributed by atoms with E-state index in [0.29, 0.717) is 18.8 Å². The summed E-state index contributed by atoms with van der Waals surface area (Å²) in [7, 11) is 0. The summed E-state index contributed by atoms with van der Waals surface area (Å²) in [6.07, 6.45) is -2.14. The molecule has 1 heterocycles. The van der Waals surface area contributed by atoms with Crippen molar-refractivity contribution in [3.63, 3.8) is 0 Å². The van der Waals surface area contributed by atoms with E-state index < -0.39 is 12.1 Å². The highest BCUT2D eigenvalue weighted by Gasteiger charge is 2.42. The minimum absolute atomic E-state index is 0.209. The Balaban J connectivity index is 2.04. The number of alkyl halides is 3. The van der Waals surface area contributed by atoms with E-state index in [1.54, 1.807) is 11.3 Å². The highest BCUT2D eigenvalue weighted by Crippen LogP contribution is 2.43. The van der Waals surface area contributed by atoms with Crippen molar-refractivity contribution in [2.45, 2.75) is 51.7 Å². The van der Waals surface area contributed by atoms with Crippen molar-refractivity contribution in [1.82, 2.24) is 5.32 Å². The summed E-state index contributed by atoms with van der Waals surface area (Å²) < 4.78 is 38.2. The van der Waals surface area contributed by atoms with Gasteiger partial charge in [-0.3, -0.25) is 0 Å². The van der Waals surface area contributed by atoms with Gasteiger partial charge < -0.3 is 5.32 Å². The molecule has 0 radical (unpaired) electrons. The van der Waals surface area contributed by atoms with Crippen LogP contribution in [0.5, 0.6) is 0 Å². The predicted molar refractivity (Wildman–Crippen MR) is 77.0 cm³/mol. The van der Waals surface area contributed by atoms with Gasteiger partial charge in [-0.05, 0) is 62.1 Å². The van der Waals surface area contributed by atoms with Crippen LogP contribution in [-0.2, 0) is 0 Å². The van der Waals surface area contributed by atoms with E-state index in [0.717, 1.165) is 6.54 Å². The van der Waals surface area contributed by atoms with Gasteiger partial charge in [0.1, 0.15) is 0 Å². The molecule has 1 nitrogen and oxygen atoms in total. The van der Waals surface area contributed by atoms with E-state index in [4.69, 9.17) is 0 Å². The van der Waals surface area contributed by atoms with Gasteiger partial charge in [0.2, 0.25) is 0 Å². The van der Waals surface area contributed by atoms with Crippen LogP contribution in [0.15, 0.2) is 11.4 Å². The number of halogens is 3. The van der Waals surface area contributed by atoms with Crippen molar-refractivity contribution >= 4 is 11.3 Å². The van der Waals surface area contributed by atoms with Gasteiger partial charge in [-0.2, -0.15) is 13.2 Å². The molecule has 0 saturated heterocycles. The number of hydrogen-bond donors (Lipinski definition) is 1. The second-order valence-electron chi connectivity index (χ2n) is 5.62. The SMILES string of the molecule is CCNC(c1ccsc1C)C1CCC(C(F)(F)F)CC1. The molecule has 5 heteroatoms. The van der Waals surface area contributed by atoms with Crippen LogP contribution in [-0.4, -0.2) is 12.7 Å². The number of nitrogens with one attached hydrogen (secondary N) is 1. The van der Waals surface area contributed by atoms with E-state index >= 15 is 0 Å². The molecule has 1 saturated carbocycles. The summed E-state index contributed by atoms with van der Waals surface area (Å²) >= 11 is 1.71. The quantitative estimate of drug-likeness (QED) is 0.818. The highest BCUT2D eigenvalue weighted by molar-refractivity contribution is 7.10. The number of aryl methyl sites for hydroxylation is 1. The Hall–Kier alpha value is -0.550. The lowest BCUT2D eigenvalue weighted by Crippen LogP contribution is -2.34. The van der Waals surface area contributed by atoms with Crippen LogP contribution in [0.1, 0.15) is 49.1 Å². The zero-order valence-corrected chi connectivity index (χ0v) is 12.8. The summed E-state index contributed by atoms with van der Waals surface area (Å²) in [6, 6.07) is 2.32. The van der Waals surface area contributed by atoms with Gasteiger partial charge in [-0.1, -0.05) is 6.92 Å². The standard InChI is InChI=1S/C15H22F3NS/c1-3-19-14(13-8-9-20-10(13)2)11-4-6-12(7-5-11)15(16,17)18/h8-9,11-12,14,19H,3-7H2,1-2H3. The first-order valence-corrected chi connectivity index (χ1v) is 8.15. The van der Waals surface area contributed by atoms with Crippen LogP contribution >= 0.6 is 11.3 Å². The fourth-order valence-electron chi connectivity index (χ4n) is 3.25. The van der Waals surface area contributed by atoms with E-state index in [1.165, 1.54) is 10.4 Å². The molecule has 20 heavy (non-hydrogen) atoms. The molecule has 1 aliphatic carbocycles. The van der Waals surface area contributed by atoms with Crippen LogP contribution in [0.4, 0.5) is 13.2 Å². The Morgan fingerprint density at radius 2 is 1.95 bits per heavy atom. The molecule has 1 N–H and O–H groups in total. The molecule has 1 unspecified atom stereocenters. The van der Waals surface area contributed by atoms with Crippen LogP contribution in [0.3, 0.4) is 0 Å². The Labute approximate surface area is 122 Å². The number of rotatable bonds is 4. The van der Waals surface area contributed by atoms with Gasteiger partial charge in [0.05, 0.1) is 5.92 Å². The van der Waals surface area contributed by atoms with E-state index in [-0.39, 0.29) is 18.9 Å². The Morgan fingerprint density at radius 3 is 2.40 bits per heavy atom. The molecule has 1 atom stereocenters. The van der Waals surface area contributed by atoms with E-state index in [1.807, 2.05) is 0 Å². The molecule has 114 valence electrons. The maximum absolute atomic E-state index is 12.7. The molecule has 0 aromatic carbocycles. The molecule has 0 bridgehead atoms. The molecule has 0 aliphatic heterocycles. The van der Waals surface area contributed by atoms with Gasteiger partial charge in [0.15, 0.2) is 0 Å². The first-order chi connectivity index (χ1) is 9.43. The van der Waals surface area contributed by atoms with Crippen LogP contribution < -0.4 is 5.32 Å². The Bertz CT molecular complexity index is 419. The zero-order chi connectivity index (χ0) is 14.8. The third-order valence-electron chi connectivity index (χ3n) is 4.36. The molecule has 1 aliphatic rings. The second-order valence-corrected chi connectivity index (χ2v) is 6.74. The lowest BCUT2D eigenvalue weighted by molar-refractivity contribution is -0.184.